The Morgan fingerprint density at radius 3 is 2.50 bits per heavy atom. The van der Waals surface area contributed by atoms with E-state index in [1.807, 2.05) is 18.5 Å². The lowest BCUT2D eigenvalue weighted by atomic mass is 9.68. The van der Waals surface area contributed by atoms with Crippen LogP contribution in [0.2, 0.25) is 0 Å². The van der Waals surface area contributed by atoms with E-state index in [4.69, 9.17) is 4.98 Å². The summed E-state index contributed by atoms with van der Waals surface area (Å²) in [5, 5.41) is 3.77. The van der Waals surface area contributed by atoms with Crippen molar-refractivity contribution in [3.63, 3.8) is 0 Å². The fraction of sp³-hybridized carbons (Fsp3) is 0.250. The molecule has 2 heteroatoms. The molecule has 0 aliphatic heterocycles. The molecule has 2 aromatic carbocycles. The molecule has 5 rings (SSSR count). The number of aromatic nitrogens is 2. The Kier molecular flexibility index (Phi) is 3.06. The monoisotopic (exact) mass is 338 g/mol. The molecule has 0 N–H and O–H groups in total. The first-order valence-electron chi connectivity index (χ1n) is 9.29. The molecule has 2 heterocycles. The highest BCUT2D eigenvalue weighted by molar-refractivity contribution is 6.03. The van der Waals surface area contributed by atoms with Gasteiger partial charge in [0.15, 0.2) is 0 Å². The molecular weight excluding hydrogens is 316 g/mol. The second kappa shape index (κ2) is 5.14. The van der Waals surface area contributed by atoms with Crippen LogP contribution in [-0.2, 0) is 5.41 Å². The fourth-order valence-electron chi connectivity index (χ4n) is 4.35. The molecule has 0 saturated heterocycles. The molecule has 0 radical (unpaired) electrons. The number of hydrogen-bond donors (Lipinski definition) is 0. The van der Waals surface area contributed by atoms with Gasteiger partial charge in [0.1, 0.15) is 0 Å². The smallest absolute Gasteiger partial charge is 0.0787 e. The van der Waals surface area contributed by atoms with Crippen molar-refractivity contribution in [2.75, 3.05) is 0 Å². The molecule has 2 aromatic heterocycles. The van der Waals surface area contributed by atoms with Crippen LogP contribution in [0.5, 0.6) is 0 Å². The van der Waals surface area contributed by atoms with Crippen molar-refractivity contribution in [3.8, 4) is 11.3 Å². The molecule has 0 bridgehead atoms. The third-order valence-electron chi connectivity index (χ3n) is 5.90. The van der Waals surface area contributed by atoms with E-state index in [9.17, 15) is 0 Å². The summed E-state index contributed by atoms with van der Waals surface area (Å²) in [6, 6.07) is 15.6. The SMILES string of the molecule is CC(C)c1cc2c3c(nccc3c1)-c1cc3ncccc3cc1C2(C)C. The van der Waals surface area contributed by atoms with Crippen molar-refractivity contribution in [1.82, 2.24) is 9.97 Å². The minimum absolute atomic E-state index is 0.0709. The van der Waals surface area contributed by atoms with E-state index in [0.717, 1.165) is 11.2 Å². The highest BCUT2D eigenvalue weighted by Crippen LogP contribution is 2.49. The fourth-order valence-corrected chi connectivity index (χ4v) is 4.35. The van der Waals surface area contributed by atoms with Gasteiger partial charge >= 0.3 is 0 Å². The van der Waals surface area contributed by atoms with Crippen LogP contribution in [0.3, 0.4) is 0 Å². The van der Waals surface area contributed by atoms with E-state index in [0.29, 0.717) is 5.92 Å². The molecular formula is C24H22N2. The van der Waals surface area contributed by atoms with Gasteiger partial charge in [-0.1, -0.05) is 45.9 Å². The summed E-state index contributed by atoms with van der Waals surface area (Å²) in [6.45, 7) is 9.20. The Labute approximate surface area is 153 Å². The molecule has 2 nitrogen and oxygen atoms in total. The zero-order valence-corrected chi connectivity index (χ0v) is 15.7. The van der Waals surface area contributed by atoms with Crippen LogP contribution in [0.1, 0.15) is 50.3 Å². The zero-order chi connectivity index (χ0) is 18.1. The van der Waals surface area contributed by atoms with Gasteiger partial charge in [0.2, 0.25) is 0 Å². The Hall–Kier alpha value is -2.74. The lowest BCUT2D eigenvalue weighted by molar-refractivity contribution is 0.643. The molecule has 0 amide bonds. The molecule has 1 aliphatic carbocycles. The quantitative estimate of drug-likeness (QED) is 0.412. The maximum atomic E-state index is 4.80. The summed E-state index contributed by atoms with van der Waals surface area (Å²) in [7, 11) is 0. The molecule has 0 fully saturated rings. The van der Waals surface area contributed by atoms with Gasteiger partial charge < -0.3 is 0 Å². The normalized spacial score (nSPS) is 14.8. The van der Waals surface area contributed by atoms with Crippen molar-refractivity contribution in [2.24, 2.45) is 0 Å². The van der Waals surface area contributed by atoms with Crippen LogP contribution < -0.4 is 0 Å². The zero-order valence-electron chi connectivity index (χ0n) is 15.7. The summed E-state index contributed by atoms with van der Waals surface area (Å²) < 4.78 is 0. The molecule has 1 aliphatic rings. The molecule has 0 unspecified atom stereocenters. The molecule has 128 valence electrons. The Morgan fingerprint density at radius 2 is 1.69 bits per heavy atom. The number of pyridine rings is 2. The van der Waals surface area contributed by atoms with Crippen LogP contribution in [-0.4, -0.2) is 9.97 Å². The highest BCUT2D eigenvalue weighted by atomic mass is 14.7. The molecule has 0 spiro atoms. The van der Waals surface area contributed by atoms with Gasteiger partial charge in [-0.25, -0.2) is 0 Å². The van der Waals surface area contributed by atoms with Crippen molar-refractivity contribution in [3.05, 3.63) is 71.5 Å². The average Bonchev–Trinajstić information content (AvgIpc) is 2.64. The molecule has 4 aromatic rings. The van der Waals surface area contributed by atoms with Gasteiger partial charge in [-0.15, -0.1) is 0 Å². The lowest BCUT2D eigenvalue weighted by Gasteiger charge is -2.35. The maximum absolute atomic E-state index is 4.80. The van der Waals surface area contributed by atoms with Gasteiger partial charge in [0, 0.05) is 34.1 Å². The number of benzene rings is 2. The summed E-state index contributed by atoms with van der Waals surface area (Å²) in [5.41, 5.74) is 7.39. The Bertz CT molecular complexity index is 1190. The van der Waals surface area contributed by atoms with E-state index >= 15 is 0 Å². The van der Waals surface area contributed by atoms with Crippen molar-refractivity contribution >= 4 is 21.7 Å². The van der Waals surface area contributed by atoms with Gasteiger partial charge in [-0.3, -0.25) is 9.97 Å². The molecule has 26 heavy (non-hydrogen) atoms. The van der Waals surface area contributed by atoms with E-state index < -0.39 is 0 Å². The first-order valence-corrected chi connectivity index (χ1v) is 9.29. The largest absolute Gasteiger partial charge is 0.256 e. The Morgan fingerprint density at radius 1 is 0.846 bits per heavy atom. The number of nitrogens with zero attached hydrogens (tertiary/aromatic N) is 2. The number of fused-ring (bicyclic) bond motifs is 3. The first kappa shape index (κ1) is 15.5. The highest BCUT2D eigenvalue weighted by Gasteiger charge is 2.35. The second-order valence-corrected chi connectivity index (χ2v) is 8.20. The second-order valence-electron chi connectivity index (χ2n) is 8.20. The summed E-state index contributed by atoms with van der Waals surface area (Å²) >= 11 is 0. The van der Waals surface area contributed by atoms with Crippen molar-refractivity contribution in [2.45, 2.75) is 39.0 Å². The van der Waals surface area contributed by atoms with Gasteiger partial charge in [-0.2, -0.15) is 0 Å². The first-order chi connectivity index (χ1) is 12.5. The van der Waals surface area contributed by atoms with Crippen LogP contribution in [0.4, 0.5) is 0 Å². The minimum Gasteiger partial charge on any atom is -0.256 e. The molecule has 0 atom stereocenters. The predicted octanol–water partition coefficient (Wildman–Crippen LogP) is 6.21. The molecule has 0 saturated carbocycles. The van der Waals surface area contributed by atoms with Crippen LogP contribution >= 0.6 is 0 Å². The standard InChI is InChI=1S/C24H22N2/c1-14(2)17-10-16-7-9-26-23-18-13-21-15(6-5-8-25-21)11-19(18)24(3,4)20(12-17)22(16)23/h5-14H,1-4H3. The summed E-state index contributed by atoms with van der Waals surface area (Å²) in [5.74, 6) is 0.505. The van der Waals surface area contributed by atoms with E-state index in [2.05, 4.69) is 69.1 Å². The average molecular weight is 338 g/mol. The Balaban J connectivity index is 1.97. The van der Waals surface area contributed by atoms with Crippen LogP contribution in [0, 0.1) is 0 Å². The lowest BCUT2D eigenvalue weighted by Crippen LogP contribution is -2.24. The van der Waals surface area contributed by atoms with Crippen molar-refractivity contribution in [1.29, 1.82) is 0 Å². The topological polar surface area (TPSA) is 25.8 Å². The third-order valence-corrected chi connectivity index (χ3v) is 5.90. The predicted molar refractivity (Wildman–Crippen MR) is 109 cm³/mol. The van der Waals surface area contributed by atoms with Gasteiger partial charge in [0.05, 0.1) is 11.2 Å². The van der Waals surface area contributed by atoms with E-state index in [1.54, 1.807) is 0 Å². The van der Waals surface area contributed by atoms with E-state index in [-0.39, 0.29) is 5.41 Å². The van der Waals surface area contributed by atoms with Gasteiger partial charge in [-0.05, 0) is 52.3 Å². The van der Waals surface area contributed by atoms with Crippen LogP contribution in [0.25, 0.3) is 32.9 Å². The van der Waals surface area contributed by atoms with Crippen molar-refractivity contribution < 1.29 is 0 Å². The minimum atomic E-state index is -0.0709. The third kappa shape index (κ3) is 1.99. The van der Waals surface area contributed by atoms with Gasteiger partial charge in [0.25, 0.3) is 0 Å². The van der Waals surface area contributed by atoms with Crippen LogP contribution in [0.15, 0.2) is 54.9 Å². The number of hydrogen-bond acceptors (Lipinski definition) is 2. The number of rotatable bonds is 1. The summed E-state index contributed by atoms with van der Waals surface area (Å²) in [4.78, 5) is 9.36. The van der Waals surface area contributed by atoms with E-state index in [1.165, 1.54) is 38.4 Å². The summed E-state index contributed by atoms with van der Waals surface area (Å²) in [6.07, 6.45) is 3.80. The maximum Gasteiger partial charge on any atom is 0.0787 e.